The number of piperazine rings is 1. The molecule has 0 unspecified atom stereocenters. The maximum atomic E-state index is 13.7. The van der Waals surface area contributed by atoms with Crippen LogP contribution in [0.25, 0.3) is 5.78 Å². The van der Waals surface area contributed by atoms with Crippen LogP contribution in [-0.4, -0.2) is 51.3 Å². The van der Waals surface area contributed by atoms with E-state index in [1.54, 1.807) is 4.57 Å². The van der Waals surface area contributed by atoms with E-state index in [9.17, 15) is 22.8 Å². The van der Waals surface area contributed by atoms with Crippen molar-refractivity contribution in [2.45, 2.75) is 26.1 Å². The van der Waals surface area contributed by atoms with E-state index >= 15 is 0 Å². The van der Waals surface area contributed by atoms with Gasteiger partial charge in [0.2, 0.25) is 17.6 Å². The molecule has 0 aliphatic carbocycles. The molecule has 1 fully saturated rings. The fraction of sp³-hybridized carbons (Fsp3) is 0.308. The Morgan fingerprint density at radius 3 is 2.50 bits per heavy atom. The average molecular weight is 575 g/mol. The monoisotopic (exact) mass is 574 g/mol. The van der Waals surface area contributed by atoms with Gasteiger partial charge in [-0.05, 0) is 36.8 Å². The third kappa shape index (κ3) is 5.61. The highest BCUT2D eigenvalue weighted by Gasteiger charge is 2.31. The molecule has 4 aromatic rings. The fourth-order valence-electron chi connectivity index (χ4n) is 4.65. The lowest BCUT2D eigenvalue weighted by molar-refractivity contribution is -0.137. The Bertz CT molecular complexity index is 1600. The first-order valence-electron chi connectivity index (χ1n) is 12.6. The molecule has 210 valence electrons. The Labute approximate surface area is 231 Å². The molecular formula is C26H26ClF3N8O2. The molecule has 0 atom stereocenters. The number of nitrogens with one attached hydrogen (secondary N) is 3. The molecule has 0 saturated carbocycles. The number of para-hydroxylation sites is 1. The summed E-state index contributed by atoms with van der Waals surface area (Å²) in [5.74, 6) is -0.246. The number of alkyl halides is 3. The summed E-state index contributed by atoms with van der Waals surface area (Å²) < 4.78 is 41.9. The Morgan fingerprint density at radius 1 is 1.12 bits per heavy atom. The number of amides is 1. The number of carbonyl (C=O) groups is 1. The highest BCUT2D eigenvalue weighted by molar-refractivity contribution is 6.33. The van der Waals surface area contributed by atoms with Gasteiger partial charge in [-0.25, -0.2) is 0 Å². The van der Waals surface area contributed by atoms with Gasteiger partial charge in [0.15, 0.2) is 0 Å². The second-order valence-electron chi connectivity index (χ2n) is 9.16. The standard InChI is InChI=1S/C26H26ClF3N8O2/c1-2-20-22(36-12-10-31-11-13-36)23(40)38-25(34-24(35-38)32-17-6-4-3-5-7-17)37(20)15-21(39)33-19-9-8-16(14-18(19)27)26(28,29)30/h3-9,14,31H,2,10-13,15H2,1H3,(H,32,35)(H,33,39). The van der Waals surface area contributed by atoms with Crippen molar-refractivity contribution in [3.63, 3.8) is 0 Å². The number of hydrogen-bond acceptors (Lipinski definition) is 7. The van der Waals surface area contributed by atoms with E-state index < -0.39 is 17.6 Å². The smallest absolute Gasteiger partial charge is 0.363 e. The summed E-state index contributed by atoms with van der Waals surface area (Å²) in [5, 5.41) is 13.1. The SMILES string of the molecule is CCc1c(N2CCNCC2)c(=O)n2nc(Nc3ccccc3)nc2n1CC(=O)Nc1ccc(C(F)(F)F)cc1Cl. The van der Waals surface area contributed by atoms with E-state index in [0.717, 1.165) is 18.2 Å². The minimum absolute atomic E-state index is 0.0324. The van der Waals surface area contributed by atoms with E-state index in [0.29, 0.717) is 49.7 Å². The molecule has 10 nitrogen and oxygen atoms in total. The molecule has 1 amide bonds. The average Bonchev–Trinajstić information content (AvgIpc) is 3.35. The van der Waals surface area contributed by atoms with Gasteiger partial charge in [-0.15, -0.1) is 5.10 Å². The first kappa shape index (κ1) is 27.5. The van der Waals surface area contributed by atoms with Crippen LogP contribution in [0.15, 0.2) is 53.3 Å². The van der Waals surface area contributed by atoms with Crippen molar-refractivity contribution >= 4 is 46.3 Å². The van der Waals surface area contributed by atoms with Crippen LogP contribution in [0, 0.1) is 0 Å². The van der Waals surface area contributed by atoms with Crippen LogP contribution in [0.1, 0.15) is 18.2 Å². The topological polar surface area (TPSA) is 109 Å². The number of anilines is 4. The Kier molecular flexibility index (Phi) is 7.68. The Hall–Kier alpha value is -4.10. The molecule has 1 saturated heterocycles. The molecule has 0 bridgehead atoms. The minimum Gasteiger partial charge on any atom is -0.363 e. The second kappa shape index (κ2) is 11.2. The summed E-state index contributed by atoms with van der Waals surface area (Å²) in [5.41, 5.74) is 0.480. The predicted octanol–water partition coefficient (Wildman–Crippen LogP) is 3.92. The fourth-order valence-corrected chi connectivity index (χ4v) is 4.88. The van der Waals surface area contributed by atoms with Crippen molar-refractivity contribution in [1.29, 1.82) is 0 Å². The van der Waals surface area contributed by atoms with Crippen LogP contribution >= 0.6 is 11.6 Å². The van der Waals surface area contributed by atoms with Gasteiger partial charge < -0.3 is 25.4 Å². The lowest BCUT2D eigenvalue weighted by Gasteiger charge is -2.31. The largest absolute Gasteiger partial charge is 0.416 e. The van der Waals surface area contributed by atoms with E-state index in [1.807, 2.05) is 42.2 Å². The van der Waals surface area contributed by atoms with Crippen LogP contribution < -0.4 is 26.4 Å². The first-order chi connectivity index (χ1) is 19.2. The number of benzene rings is 2. The molecule has 3 heterocycles. The highest BCUT2D eigenvalue weighted by atomic mass is 35.5. The summed E-state index contributed by atoms with van der Waals surface area (Å²) in [6, 6.07) is 11.9. The first-order valence-corrected chi connectivity index (χ1v) is 13.0. The van der Waals surface area contributed by atoms with Gasteiger partial charge in [0.25, 0.3) is 5.56 Å². The van der Waals surface area contributed by atoms with Crippen molar-refractivity contribution in [2.75, 3.05) is 41.7 Å². The lowest BCUT2D eigenvalue weighted by atomic mass is 10.2. The van der Waals surface area contributed by atoms with Crippen LogP contribution in [0.3, 0.4) is 0 Å². The third-order valence-electron chi connectivity index (χ3n) is 6.50. The highest BCUT2D eigenvalue weighted by Crippen LogP contribution is 2.34. The number of halogens is 4. The summed E-state index contributed by atoms with van der Waals surface area (Å²) >= 11 is 6.05. The van der Waals surface area contributed by atoms with E-state index in [4.69, 9.17) is 11.6 Å². The van der Waals surface area contributed by atoms with Crippen molar-refractivity contribution in [3.8, 4) is 0 Å². The van der Waals surface area contributed by atoms with Crippen molar-refractivity contribution < 1.29 is 18.0 Å². The Morgan fingerprint density at radius 2 is 1.85 bits per heavy atom. The number of hydrogen-bond donors (Lipinski definition) is 3. The molecule has 1 aliphatic heterocycles. The molecule has 2 aromatic heterocycles. The molecule has 3 N–H and O–H groups in total. The Balaban J connectivity index is 1.55. The minimum atomic E-state index is -4.57. The number of rotatable bonds is 7. The van der Waals surface area contributed by atoms with E-state index in [2.05, 4.69) is 26.0 Å². The van der Waals surface area contributed by atoms with Gasteiger partial charge in [-0.1, -0.05) is 36.7 Å². The lowest BCUT2D eigenvalue weighted by Crippen LogP contribution is -2.47. The van der Waals surface area contributed by atoms with Crippen LogP contribution in [0.2, 0.25) is 5.02 Å². The third-order valence-corrected chi connectivity index (χ3v) is 6.81. The summed E-state index contributed by atoms with van der Waals surface area (Å²) in [7, 11) is 0. The quantitative estimate of drug-likeness (QED) is 0.307. The van der Waals surface area contributed by atoms with Gasteiger partial charge in [0.05, 0.1) is 22.0 Å². The maximum absolute atomic E-state index is 13.7. The van der Waals surface area contributed by atoms with Crippen molar-refractivity contribution in [3.05, 3.63) is 75.2 Å². The van der Waals surface area contributed by atoms with Gasteiger partial charge in [-0.2, -0.15) is 22.7 Å². The van der Waals surface area contributed by atoms with E-state index in [1.165, 1.54) is 4.52 Å². The second-order valence-corrected chi connectivity index (χ2v) is 9.56. The zero-order valence-electron chi connectivity index (χ0n) is 21.4. The maximum Gasteiger partial charge on any atom is 0.416 e. The molecule has 1 aliphatic rings. The number of fused-ring (bicyclic) bond motifs is 1. The molecule has 0 radical (unpaired) electrons. The number of carbonyl (C=O) groups excluding carboxylic acids is 1. The molecule has 40 heavy (non-hydrogen) atoms. The van der Waals surface area contributed by atoms with E-state index in [-0.39, 0.29) is 34.5 Å². The summed E-state index contributed by atoms with van der Waals surface area (Å²) in [6.45, 7) is 4.14. The van der Waals surface area contributed by atoms with Crippen molar-refractivity contribution in [1.82, 2.24) is 24.5 Å². The predicted molar refractivity (Wildman–Crippen MR) is 147 cm³/mol. The molecule has 5 rings (SSSR count). The van der Waals surface area contributed by atoms with Gasteiger partial charge in [-0.3, -0.25) is 9.59 Å². The molecule has 0 spiro atoms. The summed E-state index contributed by atoms with van der Waals surface area (Å²) in [4.78, 5) is 33.4. The number of aromatic nitrogens is 4. The van der Waals surface area contributed by atoms with Crippen molar-refractivity contribution in [2.24, 2.45) is 0 Å². The van der Waals surface area contributed by atoms with Gasteiger partial charge in [0, 0.05) is 31.9 Å². The van der Waals surface area contributed by atoms with Crippen LogP contribution in [0.4, 0.5) is 36.2 Å². The zero-order chi connectivity index (χ0) is 28.4. The number of nitrogens with zero attached hydrogens (tertiary/aromatic N) is 5. The molecular weight excluding hydrogens is 549 g/mol. The van der Waals surface area contributed by atoms with Gasteiger partial charge >= 0.3 is 6.18 Å². The zero-order valence-corrected chi connectivity index (χ0v) is 22.2. The summed E-state index contributed by atoms with van der Waals surface area (Å²) in [6.07, 6.45) is -4.16. The molecule has 14 heteroatoms. The normalized spacial score (nSPS) is 14.0. The molecule has 2 aromatic carbocycles. The van der Waals surface area contributed by atoms with Gasteiger partial charge in [0.1, 0.15) is 12.2 Å². The van der Waals surface area contributed by atoms with Crippen LogP contribution in [0.5, 0.6) is 0 Å². The van der Waals surface area contributed by atoms with Crippen LogP contribution in [-0.2, 0) is 23.9 Å².